The van der Waals surface area contributed by atoms with Crippen LogP contribution in [0.1, 0.15) is 284 Å². The van der Waals surface area contributed by atoms with Crippen LogP contribution in [0.3, 0.4) is 0 Å². The standard InChI is InChI=1S/C76H104Ge2/c1-17-69(18-2)49-73(25-9,26-10)63-59(69)47-60-64(74(27-11,28-12)50-70(60,19-3)20-4)67(63)77(57-43-41-53-37-33-35-39-55(53)45-57)78(58-44-42-54-38-34-36-40-56(54)46-58)68-65-61(71(21-5,22-6)51-75(65,29-13)30-14)48-62-66(68)76(31-15,32-16)52-72(62,23-7)24-8/h33-48H,17-32,49-52H2,1-16H3/b78-77+. The van der Waals surface area contributed by atoms with E-state index in [2.05, 4.69) is 208 Å². The molecule has 0 amide bonds. The maximum absolute atomic E-state index is 3.02. The number of hydrogen-bond donors (Lipinski definition) is 0. The summed E-state index contributed by atoms with van der Waals surface area (Å²) in [5.74, 6) is 0. The van der Waals surface area contributed by atoms with Gasteiger partial charge in [0.05, 0.1) is 0 Å². The van der Waals surface area contributed by atoms with Gasteiger partial charge < -0.3 is 0 Å². The van der Waals surface area contributed by atoms with Gasteiger partial charge in [-0.05, 0) is 0 Å². The molecule has 416 valence electrons. The molecule has 0 saturated heterocycles. The van der Waals surface area contributed by atoms with Crippen LogP contribution in [0.2, 0.25) is 0 Å². The Hall–Kier alpha value is -3.07. The van der Waals surface area contributed by atoms with E-state index in [-0.39, 0.29) is 43.3 Å². The Morgan fingerprint density at radius 1 is 0.256 bits per heavy atom. The molecule has 0 aliphatic heterocycles. The van der Waals surface area contributed by atoms with E-state index in [4.69, 9.17) is 0 Å². The number of rotatable bonds is 20. The van der Waals surface area contributed by atoms with E-state index in [1.165, 1.54) is 150 Å². The summed E-state index contributed by atoms with van der Waals surface area (Å²) in [5.41, 5.74) is 16.2. The Balaban J connectivity index is 1.64. The summed E-state index contributed by atoms with van der Waals surface area (Å²) in [6, 6.07) is 41.6. The fraction of sp³-hybridized carbons (Fsp3) is 0.579. The van der Waals surface area contributed by atoms with Crippen molar-refractivity contribution in [3.63, 3.8) is 0 Å². The molecule has 0 radical (unpaired) electrons. The van der Waals surface area contributed by atoms with Crippen LogP contribution in [-0.4, -0.2) is 23.7 Å². The molecular formula is C76H104Ge2. The summed E-state index contributed by atoms with van der Waals surface area (Å²) >= 11 is -5.76. The molecule has 6 aromatic carbocycles. The first-order valence-corrected chi connectivity index (χ1v) is 43.5. The van der Waals surface area contributed by atoms with Crippen LogP contribution in [0.5, 0.6) is 0 Å². The van der Waals surface area contributed by atoms with Crippen molar-refractivity contribution >= 4 is 62.8 Å². The van der Waals surface area contributed by atoms with Gasteiger partial charge in [0.2, 0.25) is 0 Å². The summed E-state index contributed by atoms with van der Waals surface area (Å²) in [7, 11) is 0. The van der Waals surface area contributed by atoms with Gasteiger partial charge in [0.1, 0.15) is 0 Å². The van der Waals surface area contributed by atoms with Gasteiger partial charge in [-0.25, -0.2) is 0 Å². The van der Waals surface area contributed by atoms with E-state index >= 15 is 0 Å². The van der Waals surface area contributed by atoms with Crippen molar-refractivity contribution in [3.05, 3.63) is 142 Å². The Labute approximate surface area is 483 Å². The minimum atomic E-state index is -2.88. The van der Waals surface area contributed by atoms with E-state index in [1.807, 2.05) is 53.3 Å². The Morgan fingerprint density at radius 2 is 0.474 bits per heavy atom. The second-order valence-electron chi connectivity index (χ2n) is 26.7. The number of fused-ring (bicyclic) bond motifs is 6. The first-order chi connectivity index (χ1) is 37.6. The summed E-state index contributed by atoms with van der Waals surface area (Å²) in [6.45, 7) is 41.8. The van der Waals surface area contributed by atoms with Gasteiger partial charge in [-0.1, -0.05) is 0 Å². The van der Waals surface area contributed by atoms with Gasteiger partial charge in [0, 0.05) is 0 Å². The molecule has 6 aromatic rings. The Kier molecular flexibility index (Phi) is 16.1. The summed E-state index contributed by atoms with van der Waals surface area (Å²) in [4.78, 5) is 0. The zero-order chi connectivity index (χ0) is 55.8. The van der Waals surface area contributed by atoms with Crippen molar-refractivity contribution in [2.24, 2.45) is 0 Å². The number of hydrogen-bond acceptors (Lipinski definition) is 0. The van der Waals surface area contributed by atoms with E-state index in [9.17, 15) is 0 Å². The molecule has 0 fully saturated rings. The molecule has 0 spiro atoms. The summed E-state index contributed by atoms with van der Waals surface area (Å²) < 4.78 is 7.63. The zero-order valence-corrected chi connectivity index (χ0v) is 56.6. The van der Waals surface area contributed by atoms with Crippen LogP contribution < -0.4 is 17.6 Å². The predicted molar refractivity (Wildman–Crippen MR) is 347 cm³/mol. The van der Waals surface area contributed by atoms with Crippen LogP contribution in [0, 0.1) is 0 Å². The quantitative estimate of drug-likeness (QED) is 0.0669. The SMILES string of the molecule is CCC1(CC)CC(CC)(CC)c2c1cc1c([c]2/[Ge]([c]2ccc3ccccc3c2)=[Ge](\[c]2ccc3ccccc3c2)[c]2c3c(cc4c2C(CC)(CC)CC4(CC)CC)C(CC)(CC)CC3(CC)CC)C(CC)(CC)CC1(CC)CC. The van der Waals surface area contributed by atoms with Crippen LogP contribution in [0.4, 0.5) is 0 Å². The first kappa shape index (κ1) is 58.1. The molecule has 78 heavy (non-hydrogen) atoms. The van der Waals surface area contributed by atoms with Crippen molar-refractivity contribution in [2.75, 3.05) is 0 Å². The molecule has 4 aliphatic rings. The van der Waals surface area contributed by atoms with E-state index < -0.39 is 23.7 Å². The van der Waals surface area contributed by atoms with Gasteiger partial charge in [-0.2, -0.15) is 0 Å². The molecule has 0 bridgehead atoms. The van der Waals surface area contributed by atoms with Crippen molar-refractivity contribution in [2.45, 2.75) is 283 Å². The number of benzene rings is 6. The molecule has 0 atom stereocenters. The third-order valence-corrected chi connectivity index (χ3v) is 51.6. The molecule has 0 heterocycles. The van der Waals surface area contributed by atoms with Crippen molar-refractivity contribution < 1.29 is 0 Å². The average Bonchev–Trinajstić information content (AvgIpc) is 3.94. The van der Waals surface area contributed by atoms with E-state index in [0.29, 0.717) is 0 Å². The predicted octanol–water partition coefficient (Wildman–Crippen LogP) is 19.1. The molecule has 2 heteroatoms. The van der Waals surface area contributed by atoms with Crippen LogP contribution in [0.15, 0.2) is 97.1 Å². The molecule has 0 unspecified atom stereocenters. The van der Waals surface area contributed by atoms with Crippen LogP contribution in [0.25, 0.3) is 21.5 Å². The van der Waals surface area contributed by atoms with Crippen molar-refractivity contribution in [1.82, 2.24) is 0 Å². The minimum absolute atomic E-state index is 0.136. The summed E-state index contributed by atoms with van der Waals surface area (Å²) in [5, 5.41) is 5.70. The Bertz CT molecular complexity index is 2890. The third-order valence-electron chi connectivity index (χ3n) is 25.4. The molecule has 0 nitrogen and oxygen atoms in total. The van der Waals surface area contributed by atoms with E-state index in [0.717, 1.165) is 0 Å². The molecule has 10 rings (SSSR count). The molecule has 4 aliphatic carbocycles. The molecule has 0 N–H and O–H groups in total. The normalized spacial score (nSPS) is 20.4. The van der Waals surface area contributed by atoms with Crippen LogP contribution in [-0.2, 0) is 43.3 Å². The van der Waals surface area contributed by atoms with Gasteiger partial charge in [0.25, 0.3) is 0 Å². The van der Waals surface area contributed by atoms with Gasteiger partial charge >= 0.3 is 487 Å². The zero-order valence-electron chi connectivity index (χ0n) is 52.4. The Morgan fingerprint density at radius 3 is 0.692 bits per heavy atom. The second-order valence-corrected chi connectivity index (χ2v) is 45.2. The first-order valence-electron chi connectivity index (χ1n) is 32.8. The fourth-order valence-corrected chi connectivity index (χ4v) is 51.3. The van der Waals surface area contributed by atoms with Crippen molar-refractivity contribution in [1.29, 1.82) is 0 Å². The van der Waals surface area contributed by atoms with E-state index in [1.54, 1.807) is 8.79 Å². The van der Waals surface area contributed by atoms with Gasteiger partial charge in [-0.15, -0.1) is 0 Å². The topological polar surface area (TPSA) is 0 Å². The van der Waals surface area contributed by atoms with Crippen LogP contribution >= 0.6 is 0 Å². The second kappa shape index (κ2) is 21.6. The third kappa shape index (κ3) is 8.02. The summed E-state index contributed by atoms with van der Waals surface area (Å²) in [6.07, 6.45) is 24.8. The van der Waals surface area contributed by atoms with Crippen molar-refractivity contribution in [3.8, 4) is 0 Å². The molecular weight excluding hydrogens is 1060 g/mol. The maximum atomic E-state index is 3.02. The van der Waals surface area contributed by atoms with Gasteiger partial charge in [-0.3, -0.25) is 0 Å². The monoisotopic (exact) mass is 1160 g/mol. The molecule has 0 saturated carbocycles. The molecule has 0 aromatic heterocycles. The van der Waals surface area contributed by atoms with Gasteiger partial charge in [0.15, 0.2) is 0 Å². The fourth-order valence-electron chi connectivity index (χ4n) is 19.5. The average molecular weight is 1160 g/mol.